The molecule has 0 saturated carbocycles. The number of amides is 1. The molecular formula is C16H13NO6S. The van der Waals surface area contributed by atoms with Crippen LogP contribution in [0.1, 0.15) is 10.4 Å². The number of hydrogen-bond acceptors (Lipinski definition) is 6. The van der Waals surface area contributed by atoms with E-state index in [1.807, 2.05) is 0 Å². The van der Waals surface area contributed by atoms with Crippen molar-refractivity contribution >= 4 is 27.4 Å². The van der Waals surface area contributed by atoms with Crippen molar-refractivity contribution in [2.24, 2.45) is 0 Å². The second-order valence-corrected chi connectivity index (χ2v) is 6.72. The highest BCUT2D eigenvalue weighted by atomic mass is 32.2. The van der Waals surface area contributed by atoms with Gasteiger partial charge in [0.2, 0.25) is 0 Å². The van der Waals surface area contributed by atoms with Gasteiger partial charge in [-0.05, 0) is 24.3 Å². The number of fused-ring (bicyclic) bond motifs is 1. The van der Waals surface area contributed by atoms with Gasteiger partial charge in [-0.25, -0.2) is 8.42 Å². The first-order valence-electron chi connectivity index (χ1n) is 6.87. The average Bonchev–Trinajstić information content (AvgIpc) is 2.86. The number of rotatable bonds is 4. The number of methoxy groups -OCH3 is 2. The minimum Gasteiger partial charge on any atom is -0.493 e. The predicted octanol–water partition coefficient (Wildman–Crippen LogP) is 1.62. The number of nitrogens with zero attached hydrogens (tertiary/aromatic N) is 1. The molecule has 2 aromatic rings. The molecule has 8 heteroatoms. The minimum atomic E-state index is -4.26. The van der Waals surface area contributed by atoms with Crippen LogP contribution in [-0.4, -0.2) is 34.3 Å². The monoisotopic (exact) mass is 347 g/mol. The summed E-state index contributed by atoms with van der Waals surface area (Å²) in [6.45, 7) is 0. The summed E-state index contributed by atoms with van der Waals surface area (Å²) >= 11 is 0. The van der Waals surface area contributed by atoms with Crippen molar-refractivity contribution in [3.05, 3.63) is 48.0 Å². The Labute approximate surface area is 138 Å². The highest BCUT2D eigenvalue weighted by Gasteiger charge is 2.43. The molecule has 1 aliphatic rings. The van der Waals surface area contributed by atoms with Crippen LogP contribution in [-0.2, 0) is 14.8 Å². The van der Waals surface area contributed by atoms with Gasteiger partial charge in [0.05, 0.1) is 30.4 Å². The fourth-order valence-corrected chi connectivity index (χ4v) is 3.91. The first-order valence-corrected chi connectivity index (χ1v) is 8.31. The van der Waals surface area contributed by atoms with Gasteiger partial charge in [0.25, 0.3) is 15.8 Å². The molecule has 0 N–H and O–H groups in total. The molecule has 0 atom stereocenters. The molecule has 0 saturated heterocycles. The van der Waals surface area contributed by atoms with Crippen LogP contribution in [0.2, 0.25) is 0 Å². The Bertz CT molecular complexity index is 951. The largest absolute Gasteiger partial charge is 0.493 e. The molecule has 24 heavy (non-hydrogen) atoms. The third-order valence-corrected chi connectivity index (χ3v) is 5.33. The standard InChI is InChI=1S/C16H13NO6S/c1-22-13-8-7-10(9-14(13)23-2)24(20,21)17-12-6-4-3-5-11(12)15(18)16(17)19/h3-9H,1-2H3. The molecule has 1 heterocycles. The van der Waals surface area contributed by atoms with E-state index in [0.717, 1.165) is 0 Å². The molecule has 0 aromatic heterocycles. The molecule has 2 aromatic carbocycles. The van der Waals surface area contributed by atoms with E-state index in [4.69, 9.17) is 9.47 Å². The number of ketones is 1. The van der Waals surface area contributed by atoms with E-state index in [1.165, 1.54) is 44.6 Å². The SMILES string of the molecule is COc1ccc(S(=O)(=O)N2C(=O)C(=O)c3ccccc32)cc1OC. The van der Waals surface area contributed by atoms with Crippen LogP contribution < -0.4 is 13.8 Å². The van der Waals surface area contributed by atoms with Crippen molar-refractivity contribution in [3.8, 4) is 11.5 Å². The lowest BCUT2D eigenvalue weighted by molar-refractivity contribution is -0.113. The van der Waals surface area contributed by atoms with Crippen LogP contribution >= 0.6 is 0 Å². The Morgan fingerprint density at radius 2 is 1.58 bits per heavy atom. The highest BCUT2D eigenvalue weighted by Crippen LogP contribution is 2.36. The van der Waals surface area contributed by atoms with E-state index in [1.54, 1.807) is 12.1 Å². The number of para-hydroxylation sites is 1. The lowest BCUT2D eigenvalue weighted by Crippen LogP contribution is -2.35. The second kappa shape index (κ2) is 5.64. The van der Waals surface area contributed by atoms with Crippen LogP contribution in [0, 0.1) is 0 Å². The number of carbonyl (C=O) groups excluding carboxylic acids is 2. The maximum atomic E-state index is 12.9. The topological polar surface area (TPSA) is 90.0 Å². The van der Waals surface area contributed by atoms with E-state index in [-0.39, 0.29) is 21.9 Å². The Kier molecular flexibility index (Phi) is 3.76. The Morgan fingerprint density at radius 1 is 0.917 bits per heavy atom. The molecule has 0 spiro atoms. The maximum absolute atomic E-state index is 12.9. The van der Waals surface area contributed by atoms with Crippen molar-refractivity contribution in [1.29, 1.82) is 0 Å². The van der Waals surface area contributed by atoms with E-state index in [2.05, 4.69) is 0 Å². The summed E-state index contributed by atoms with van der Waals surface area (Å²) in [5.74, 6) is -1.41. The molecule has 0 unspecified atom stereocenters. The third-order valence-electron chi connectivity index (χ3n) is 3.64. The van der Waals surface area contributed by atoms with Gasteiger partial charge in [0, 0.05) is 6.07 Å². The zero-order valence-corrected chi connectivity index (χ0v) is 13.7. The number of anilines is 1. The van der Waals surface area contributed by atoms with Crippen LogP contribution in [0.4, 0.5) is 5.69 Å². The number of benzene rings is 2. The van der Waals surface area contributed by atoms with Gasteiger partial charge in [0.1, 0.15) is 0 Å². The molecule has 7 nitrogen and oxygen atoms in total. The fraction of sp³-hybridized carbons (Fsp3) is 0.125. The summed E-state index contributed by atoms with van der Waals surface area (Å²) < 4.78 is 36.4. The van der Waals surface area contributed by atoms with E-state index in [9.17, 15) is 18.0 Å². The van der Waals surface area contributed by atoms with Crippen molar-refractivity contribution < 1.29 is 27.5 Å². The number of ether oxygens (including phenoxy) is 2. The maximum Gasteiger partial charge on any atom is 0.313 e. The lowest BCUT2D eigenvalue weighted by Gasteiger charge is -2.17. The van der Waals surface area contributed by atoms with Gasteiger partial charge < -0.3 is 9.47 Å². The Hall–Kier alpha value is -2.87. The van der Waals surface area contributed by atoms with Crippen LogP contribution in [0.25, 0.3) is 0 Å². The lowest BCUT2D eigenvalue weighted by atomic mass is 10.1. The van der Waals surface area contributed by atoms with Crippen molar-refractivity contribution in [2.75, 3.05) is 18.5 Å². The number of Topliss-reactive ketones (excluding diaryl/α,β-unsaturated/α-hetero) is 1. The molecule has 1 amide bonds. The first-order chi connectivity index (χ1) is 11.4. The highest BCUT2D eigenvalue weighted by molar-refractivity contribution is 7.93. The van der Waals surface area contributed by atoms with E-state index in [0.29, 0.717) is 10.1 Å². The van der Waals surface area contributed by atoms with E-state index < -0.39 is 21.7 Å². The summed E-state index contributed by atoms with van der Waals surface area (Å²) in [7, 11) is -1.47. The van der Waals surface area contributed by atoms with Crippen molar-refractivity contribution in [1.82, 2.24) is 0 Å². The first kappa shape index (κ1) is 16.0. The zero-order chi connectivity index (χ0) is 17.5. The summed E-state index contributed by atoms with van der Waals surface area (Å²) in [5.41, 5.74) is 0.105. The molecule has 124 valence electrons. The van der Waals surface area contributed by atoms with Crippen LogP contribution in [0.15, 0.2) is 47.4 Å². The zero-order valence-electron chi connectivity index (χ0n) is 12.8. The molecule has 3 rings (SSSR count). The molecule has 0 aliphatic carbocycles. The van der Waals surface area contributed by atoms with E-state index >= 15 is 0 Å². The quantitative estimate of drug-likeness (QED) is 0.781. The van der Waals surface area contributed by atoms with Gasteiger partial charge in [0.15, 0.2) is 11.5 Å². The van der Waals surface area contributed by atoms with Crippen LogP contribution in [0.3, 0.4) is 0 Å². The smallest absolute Gasteiger partial charge is 0.313 e. The van der Waals surface area contributed by atoms with Gasteiger partial charge in [-0.2, -0.15) is 4.31 Å². The Morgan fingerprint density at radius 3 is 2.25 bits per heavy atom. The molecular weight excluding hydrogens is 334 g/mol. The predicted molar refractivity (Wildman–Crippen MR) is 85.0 cm³/mol. The third kappa shape index (κ3) is 2.23. The Balaban J connectivity index is 2.16. The van der Waals surface area contributed by atoms with Crippen LogP contribution in [0.5, 0.6) is 11.5 Å². The second-order valence-electron chi connectivity index (χ2n) is 4.94. The van der Waals surface area contributed by atoms with Gasteiger partial charge in [-0.3, -0.25) is 9.59 Å². The molecule has 1 aliphatic heterocycles. The number of sulfonamides is 1. The summed E-state index contributed by atoms with van der Waals surface area (Å²) in [6.07, 6.45) is 0. The van der Waals surface area contributed by atoms with Gasteiger partial charge >= 0.3 is 5.91 Å². The van der Waals surface area contributed by atoms with Crippen molar-refractivity contribution in [2.45, 2.75) is 4.90 Å². The van der Waals surface area contributed by atoms with Gasteiger partial charge in [-0.1, -0.05) is 12.1 Å². The normalized spacial score (nSPS) is 13.8. The summed E-state index contributed by atoms with van der Waals surface area (Å²) in [4.78, 5) is 24.0. The number of hydrogen-bond donors (Lipinski definition) is 0. The number of carbonyl (C=O) groups is 2. The summed E-state index contributed by atoms with van der Waals surface area (Å²) in [5, 5.41) is 0. The van der Waals surface area contributed by atoms with Crippen molar-refractivity contribution in [3.63, 3.8) is 0 Å². The molecule has 0 radical (unpaired) electrons. The fourth-order valence-electron chi connectivity index (χ4n) is 2.48. The minimum absolute atomic E-state index is 0.0438. The molecule has 0 bridgehead atoms. The van der Waals surface area contributed by atoms with Gasteiger partial charge in [-0.15, -0.1) is 0 Å². The molecule has 0 fully saturated rings. The summed E-state index contributed by atoms with van der Waals surface area (Å²) in [6, 6.07) is 9.90. The average molecular weight is 347 g/mol.